The van der Waals surface area contributed by atoms with Gasteiger partial charge in [-0.25, -0.2) is 18.3 Å². The van der Waals surface area contributed by atoms with Crippen LogP contribution in [-0.2, 0) is 19.1 Å². The summed E-state index contributed by atoms with van der Waals surface area (Å²) in [6.07, 6.45) is 7.17. The fourth-order valence-electron chi connectivity index (χ4n) is 9.82. The number of benzene rings is 1. The van der Waals surface area contributed by atoms with Crippen molar-refractivity contribution in [3.05, 3.63) is 65.1 Å². The first kappa shape index (κ1) is 39.7. The monoisotopic (exact) mass is 855 g/mol. The van der Waals surface area contributed by atoms with Crippen LogP contribution in [0.25, 0.3) is 15.7 Å². The number of piperidine rings is 1. The molecule has 1 aliphatic carbocycles. The van der Waals surface area contributed by atoms with Crippen LogP contribution in [0.5, 0.6) is 0 Å². The van der Waals surface area contributed by atoms with Crippen molar-refractivity contribution < 1.29 is 32.7 Å². The summed E-state index contributed by atoms with van der Waals surface area (Å²) in [5.41, 5.74) is 1.68. The third-order valence-electron chi connectivity index (χ3n) is 13.1. The number of rotatable bonds is 11. The zero-order valence-electron chi connectivity index (χ0n) is 33.5. The minimum absolute atomic E-state index is 0.0133. The summed E-state index contributed by atoms with van der Waals surface area (Å²) < 4.78 is 38.3. The van der Waals surface area contributed by atoms with Crippen LogP contribution in [0.1, 0.15) is 84.9 Å². The van der Waals surface area contributed by atoms with Crippen LogP contribution in [0.15, 0.2) is 48.2 Å². The number of fused-ring (bicyclic) bond motifs is 4. The van der Waals surface area contributed by atoms with E-state index < -0.39 is 18.0 Å². The van der Waals surface area contributed by atoms with Crippen molar-refractivity contribution in [3.8, 4) is 0 Å². The molecule has 4 aliphatic heterocycles. The summed E-state index contributed by atoms with van der Waals surface area (Å²) in [5, 5.41) is 19.7. The van der Waals surface area contributed by atoms with Crippen molar-refractivity contribution in [2.24, 2.45) is 5.92 Å². The van der Waals surface area contributed by atoms with E-state index in [0.29, 0.717) is 31.0 Å². The highest BCUT2D eigenvalue weighted by molar-refractivity contribution is 7.18. The highest BCUT2D eigenvalue weighted by atomic mass is 32.1. The number of morpholine rings is 1. The van der Waals surface area contributed by atoms with Crippen molar-refractivity contribution in [1.82, 2.24) is 39.5 Å². The Bertz CT molecular complexity index is 2490. The van der Waals surface area contributed by atoms with E-state index in [4.69, 9.17) is 9.72 Å². The van der Waals surface area contributed by atoms with Crippen molar-refractivity contribution in [2.45, 2.75) is 75.5 Å². The summed E-state index contributed by atoms with van der Waals surface area (Å²) in [4.78, 5) is 62.5. The quantitative estimate of drug-likeness (QED) is 0.156. The number of halogens is 2. The topological polar surface area (TPSA) is 171 Å². The largest absolute Gasteiger partial charge is 0.374 e. The van der Waals surface area contributed by atoms with Crippen molar-refractivity contribution in [3.63, 3.8) is 0 Å². The highest BCUT2D eigenvalue weighted by Crippen LogP contribution is 2.39. The second kappa shape index (κ2) is 16.5. The summed E-state index contributed by atoms with van der Waals surface area (Å²) in [7, 11) is 0. The van der Waals surface area contributed by atoms with Gasteiger partial charge in [0.2, 0.25) is 17.7 Å². The fourth-order valence-corrected chi connectivity index (χ4v) is 10.9. The molecule has 0 radical (unpaired) electrons. The Labute approximate surface area is 353 Å². The molecule has 3 atom stereocenters. The summed E-state index contributed by atoms with van der Waals surface area (Å²) in [6, 6.07) is 7.76. The van der Waals surface area contributed by atoms with Crippen LogP contribution in [0.3, 0.4) is 0 Å². The van der Waals surface area contributed by atoms with E-state index in [-0.39, 0.29) is 59.6 Å². The number of ether oxygens (including phenoxy) is 1. The average Bonchev–Trinajstić information content (AvgIpc) is 4.11. The number of hydrogen-bond donors (Lipinski definition) is 3. The van der Waals surface area contributed by atoms with Gasteiger partial charge in [-0.05, 0) is 72.9 Å². The number of amides is 4. The maximum absolute atomic E-state index is 14.3. The Hall–Kier alpha value is -5.37. The predicted octanol–water partition coefficient (Wildman–Crippen LogP) is 4.82. The molecule has 10 rings (SSSR count). The van der Waals surface area contributed by atoms with Crippen molar-refractivity contribution in [1.29, 1.82) is 0 Å². The molecule has 2 bridgehead atoms. The predicted molar refractivity (Wildman–Crippen MR) is 223 cm³/mol. The molecule has 61 heavy (non-hydrogen) atoms. The maximum atomic E-state index is 14.3. The van der Waals surface area contributed by atoms with Gasteiger partial charge < -0.3 is 25.2 Å². The molecule has 8 heterocycles. The lowest BCUT2D eigenvalue weighted by Gasteiger charge is -2.38. The third-order valence-corrected chi connectivity index (χ3v) is 14.1. The number of piperazine rings is 1. The molecular formula is C42H47F2N11O5S. The Kier molecular flexibility index (Phi) is 10.7. The molecule has 16 nitrogen and oxygen atoms in total. The van der Waals surface area contributed by atoms with Crippen LogP contribution in [0.4, 0.5) is 26.0 Å². The van der Waals surface area contributed by atoms with E-state index in [9.17, 15) is 28.0 Å². The van der Waals surface area contributed by atoms with Crippen molar-refractivity contribution in [2.75, 3.05) is 68.0 Å². The summed E-state index contributed by atoms with van der Waals surface area (Å²) in [6.45, 7) is 5.83. The Balaban J connectivity index is 0.699. The SMILES string of the molecule is O=C1CCC(c2csc3c(NC(=O)CN4CCN(CC5CCC(n6cc(NC(=O)c7cnn8ccc(N9C[C@@H]%10C[C@H]9CO%10)nc78)c(C(F)F)n6)CC5)CC4)cccc23)C(=O)N1. The van der Waals surface area contributed by atoms with Gasteiger partial charge >= 0.3 is 0 Å². The second-order valence-corrected chi connectivity index (χ2v) is 17.8. The summed E-state index contributed by atoms with van der Waals surface area (Å²) >= 11 is 1.49. The number of imide groups is 1. The van der Waals surface area contributed by atoms with Crippen molar-refractivity contribution >= 4 is 67.9 Å². The Morgan fingerprint density at radius 3 is 2.56 bits per heavy atom. The fraction of sp³-hybridized carbons (Fsp3) is 0.500. The number of carbonyl (C=O) groups is 4. The van der Waals surface area contributed by atoms with Crippen LogP contribution in [0.2, 0.25) is 0 Å². The highest BCUT2D eigenvalue weighted by Gasteiger charge is 2.40. The van der Waals surface area contributed by atoms with Gasteiger partial charge in [0.15, 0.2) is 11.3 Å². The molecule has 1 saturated carbocycles. The number of nitrogens with zero attached hydrogens (tertiary/aromatic N) is 8. The molecule has 5 fully saturated rings. The molecule has 4 saturated heterocycles. The zero-order valence-corrected chi connectivity index (χ0v) is 34.3. The minimum atomic E-state index is -2.87. The lowest BCUT2D eigenvalue weighted by molar-refractivity contribution is -0.134. The first-order valence-electron chi connectivity index (χ1n) is 21.1. The number of aromatic nitrogens is 5. The normalized spacial score (nSPS) is 24.9. The molecule has 320 valence electrons. The molecule has 4 amide bonds. The first-order chi connectivity index (χ1) is 29.6. The van der Waals surface area contributed by atoms with Gasteiger partial charge in [-0.2, -0.15) is 10.2 Å². The molecule has 0 spiro atoms. The van der Waals surface area contributed by atoms with E-state index in [1.165, 1.54) is 28.2 Å². The molecule has 5 aliphatic rings. The third kappa shape index (κ3) is 7.99. The van der Waals surface area contributed by atoms with Crippen LogP contribution in [0, 0.1) is 5.92 Å². The minimum Gasteiger partial charge on any atom is -0.374 e. The molecule has 5 aromatic rings. The molecule has 3 N–H and O–H groups in total. The maximum Gasteiger partial charge on any atom is 0.284 e. The van der Waals surface area contributed by atoms with E-state index in [1.807, 2.05) is 29.6 Å². The Morgan fingerprint density at radius 1 is 0.984 bits per heavy atom. The standard InChI is InChI=1S/C42H47F2N11O5S/c43-39(44)37-33(47-42(59)30-17-45-54-11-10-34(48-40(30)54)53-19-27-16-26(53)22-60-27)20-55(50-37)25-6-4-24(5-7-25)18-51-12-14-52(15-13-51)21-36(57)46-32-3-1-2-28-31(23-61-38(28)32)29-8-9-35(56)49-41(29)58/h1-3,10-11,17,20,23-27,29,39H,4-9,12-16,18-19,21-22H2,(H,46,57)(H,47,59)(H,49,56,58)/t24?,25?,26-,27-,29?/m0/s1. The first-order valence-corrected chi connectivity index (χ1v) is 22.0. The van der Waals surface area contributed by atoms with E-state index in [2.05, 4.69) is 40.8 Å². The van der Waals surface area contributed by atoms with E-state index in [1.54, 1.807) is 10.9 Å². The number of hydrogen-bond acceptors (Lipinski definition) is 12. The van der Waals surface area contributed by atoms with Crippen LogP contribution in [-0.4, -0.2) is 122 Å². The molecule has 1 unspecified atom stereocenters. The number of carbonyl (C=O) groups excluding carboxylic acids is 4. The lowest BCUT2D eigenvalue weighted by Crippen LogP contribution is -2.49. The van der Waals surface area contributed by atoms with Gasteiger partial charge in [0.25, 0.3) is 12.3 Å². The molecule has 4 aromatic heterocycles. The second-order valence-electron chi connectivity index (χ2n) is 16.9. The van der Waals surface area contributed by atoms with Gasteiger partial charge in [0.05, 0.1) is 59.5 Å². The van der Waals surface area contributed by atoms with Crippen LogP contribution < -0.4 is 20.9 Å². The van der Waals surface area contributed by atoms with Gasteiger partial charge in [0.1, 0.15) is 11.4 Å². The number of nitrogens with one attached hydrogen (secondary N) is 3. The number of anilines is 3. The Morgan fingerprint density at radius 2 is 1.80 bits per heavy atom. The zero-order chi connectivity index (χ0) is 41.8. The summed E-state index contributed by atoms with van der Waals surface area (Å²) in [5.74, 6) is -0.376. The number of thiophene rings is 1. The van der Waals surface area contributed by atoms with Gasteiger partial charge in [0, 0.05) is 58.1 Å². The van der Waals surface area contributed by atoms with Crippen LogP contribution >= 0.6 is 11.3 Å². The van der Waals surface area contributed by atoms with Gasteiger partial charge in [-0.15, -0.1) is 11.3 Å². The van der Waals surface area contributed by atoms with Gasteiger partial charge in [-0.3, -0.25) is 34.1 Å². The van der Waals surface area contributed by atoms with E-state index >= 15 is 0 Å². The van der Waals surface area contributed by atoms with Gasteiger partial charge in [-0.1, -0.05) is 12.1 Å². The smallest absolute Gasteiger partial charge is 0.284 e. The number of alkyl halides is 2. The average molecular weight is 856 g/mol. The molecule has 1 aromatic carbocycles. The molecular weight excluding hydrogens is 809 g/mol. The van der Waals surface area contributed by atoms with E-state index in [0.717, 1.165) is 98.5 Å². The molecule has 19 heteroatoms. The lowest BCUT2D eigenvalue weighted by atomic mass is 9.85.